The number of nitrogens with one attached hydrogen (secondary N) is 1. The fourth-order valence-corrected chi connectivity index (χ4v) is 2.77. The maximum absolute atomic E-state index is 10.9. The zero-order chi connectivity index (χ0) is 17.6. The van der Waals surface area contributed by atoms with Crippen molar-refractivity contribution in [2.45, 2.75) is 26.3 Å². The number of benzene rings is 2. The van der Waals surface area contributed by atoms with Crippen LogP contribution in [0.5, 0.6) is 0 Å². The second-order valence-corrected chi connectivity index (χ2v) is 6.74. The molecule has 4 nitrogen and oxygen atoms in total. The van der Waals surface area contributed by atoms with Gasteiger partial charge in [0.25, 0.3) is 0 Å². The Balaban J connectivity index is 2.02. The van der Waals surface area contributed by atoms with Crippen LogP contribution in [0, 0.1) is 5.41 Å². The molecule has 0 fully saturated rings. The van der Waals surface area contributed by atoms with Gasteiger partial charge in [0.15, 0.2) is 0 Å². The Hall–Kier alpha value is -2.17. The number of carboxylic acids is 1. The Morgan fingerprint density at radius 2 is 1.71 bits per heavy atom. The first-order valence-electron chi connectivity index (χ1n) is 8.13. The number of aliphatic hydroxyl groups excluding tert-OH is 1. The van der Waals surface area contributed by atoms with E-state index in [9.17, 15) is 9.90 Å². The first kappa shape index (κ1) is 18.2. The van der Waals surface area contributed by atoms with E-state index in [4.69, 9.17) is 5.11 Å². The van der Waals surface area contributed by atoms with Gasteiger partial charge in [-0.3, -0.25) is 0 Å². The van der Waals surface area contributed by atoms with E-state index in [2.05, 4.69) is 31.3 Å². The van der Waals surface area contributed by atoms with Gasteiger partial charge in [-0.2, -0.15) is 0 Å². The van der Waals surface area contributed by atoms with Crippen molar-refractivity contribution < 1.29 is 15.0 Å². The molecule has 1 atom stereocenters. The lowest BCUT2D eigenvalue weighted by atomic mass is 9.75. The first-order chi connectivity index (χ1) is 11.4. The first-order valence-corrected chi connectivity index (χ1v) is 8.13. The lowest BCUT2D eigenvalue weighted by Gasteiger charge is -2.33. The molecule has 128 valence electrons. The van der Waals surface area contributed by atoms with Crippen molar-refractivity contribution in [1.82, 2.24) is 5.32 Å². The van der Waals surface area contributed by atoms with Crippen molar-refractivity contribution in [1.29, 1.82) is 0 Å². The van der Waals surface area contributed by atoms with Gasteiger partial charge in [0, 0.05) is 25.6 Å². The Labute approximate surface area is 143 Å². The molecule has 24 heavy (non-hydrogen) atoms. The molecule has 2 aromatic rings. The summed E-state index contributed by atoms with van der Waals surface area (Å²) in [5.74, 6) is -0.731. The summed E-state index contributed by atoms with van der Waals surface area (Å²) in [6.45, 7) is 5.63. The summed E-state index contributed by atoms with van der Waals surface area (Å²) in [7, 11) is 0. The summed E-state index contributed by atoms with van der Waals surface area (Å²) in [4.78, 5) is 10.9. The predicted octanol–water partition coefficient (Wildman–Crippen LogP) is 3.28. The average molecular weight is 327 g/mol. The lowest BCUT2D eigenvalue weighted by Crippen LogP contribution is -2.34. The number of hydrogen-bond acceptors (Lipinski definition) is 3. The molecule has 2 aromatic carbocycles. The van der Waals surface area contributed by atoms with Gasteiger partial charge in [-0.25, -0.2) is 4.79 Å². The van der Waals surface area contributed by atoms with Crippen molar-refractivity contribution in [2.24, 2.45) is 5.41 Å². The summed E-state index contributed by atoms with van der Waals surface area (Å²) in [5.41, 5.74) is 2.29. The molecule has 0 aliphatic rings. The Kier molecular flexibility index (Phi) is 6.12. The van der Waals surface area contributed by atoms with Gasteiger partial charge in [-0.15, -0.1) is 0 Å². The fourth-order valence-electron chi connectivity index (χ4n) is 2.77. The summed E-state index contributed by atoms with van der Waals surface area (Å²) < 4.78 is 0. The zero-order valence-corrected chi connectivity index (χ0v) is 14.2. The SMILES string of the molecule is CC(C)(CO)C(CNCc1ccc(C(=O)O)cc1)c1ccccc1. The van der Waals surface area contributed by atoms with E-state index in [0.29, 0.717) is 12.1 Å². The van der Waals surface area contributed by atoms with Crippen LogP contribution in [0.4, 0.5) is 0 Å². The summed E-state index contributed by atoms with van der Waals surface area (Å²) in [5, 5.41) is 22.1. The van der Waals surface area contributed by atoms with E-state index >= 15 is 0 Å². The van der Waals surface area contributed by atoms with Crippen LogP contribution in [0.25, 0.3) is 0 Å². The highest BCUT2D eigenvalue weighted by Crippen LogP contribution is 2.34. The van der Waals surface area contributed by atoms with Crippen molar-refractivity contribution in [3.8, 4) is 0 Å². The molecule has 0 radical (unpaired) electrons. The van der Waals surface area contributed by atoms with E-state index in [0.717, 1.165) is 12.1 Å². The highest BCUT2D eigenvalue weighted by molar-refractivity contribution is 5.87. The van der Waals surface area contributed by atoms with Crippen molar-refractivity contribution >= 4 is 5.97 Å². The van der Waals surface area contributed by atoms with E-state index < -0.39 is 5.97 Å². The number of hydrogen-bond donors (Lipinski definition) is 3. The number of aromatic carboxylic acids is 1. The minimum absolute atomic E-state index is 0.113. The van der Waals surface area contributed by atoms with Gasteiger partial charge in [-0.05, 0) is 28.7 Å². The fraction of sp³-hybridized carbons (Fsp3) is 0.350. The summed E-state index contributed by atoms with van der Waals surface area (Å²) >= 11 is 0. The predicted molar refractivity (Wildman–Crippen MR) is 95.2 cm³/mol. The zero-order valence-electron chi connectivity index (χ0n) is 14.2. The van der Waals surface area contributed by atoms with Gasteiger partial charge < -0.3 is 15.5 Å². The topological polar surface area (TPSA) is 69.6 Å². The summed E-state index contributed by atoms with van der Waals surface area (Å²) in [6.07, 6.45) is 0. The lowest BCUT2D eigenvalue weighted by molar-refractivity contribution is 0.0697. The third-order valence-electron chi connectivity index (χ3n) is 4.43. The molecule has 0 aliphatic heterocycles. The van der Waals surface area contributed by atoms with Gasteiger partial charge >= 0.3 is 5.97 Å². The van der Waals surface area contributed by atoms with Crippen LogP contribution < -0.4 is 5.32 Å². The second kappa shape index (κ2) is 8.08. The Morgan fingerprint density at radius 1 is 1.08 bits per heavy atom. The van der Waals surface area contributed by atoms with Crippen LogP contribution >= 0.6 is 0 Å². The molecule has 0 bridgehead atoms. The van der Waals surface area contributed by atoms with E-state index in [1.807, 2.05) is 30.3 Å². The molecule has 0 saturated carbocycles. The number of carbonyl (C=O) groups is 1. The quantitative estimate of drug-likeness (QED) is 0.696. The van der Waals surface area contributed by atoms with Crippen LogP contribution in [-0.4, -0.2) is 29.3 Å². The normalized spacial score (nSPS) is 12.8. The minimum Gasteiger partial charge on any atom is -0.478 e. The minimum atomic E-state index is -0.914. The highest BCUT2D eigenvalue weighted by Gasteiger charge is 2.29. The Morgan fingerprint density at radius 3 is 2.25 bits per heavy atom. The number of carboxylic acid groups (broad SMARTS) is 1. The van der Waals surface area contributed by atoms with Gasteiger partial charge in [0.05, 0.1) is 5.56 Å². The molecule has 2 rings (SSSR count). The second-order valence-electron chi connectivity index (χ2n) is 6.74. The third-order valence-corrected chi connectivity index (χ3v) is 4.43. The molecule has 3 N–H and O–H groups in total. The van der Waals surface area contributed by atoms with Crippen LogP contribution in [0.15, 0.2) is 54.6 Å². The van der Waals surface area contributed by atoms with Crippen LogP contribution in [0.1, 0.15) is 41.3 Å². The molecule has 4 heteroatoms. The van der Waals surface area contributed by atoms with E-state index in [-0.39, 0.29) is 17.9 Å². The van der Waals surface area contributed by atoms with Crippen molar-refractivity contribution in [2.75, 3.05) is 13.2 Å². The number of aliphatic hydroxyl groups is 1. The molecule has 0 heterocycles. The van der Waals surface area contributed by atoms with Gasteiger partial charge in [-0.1, -0.05) is 56.3 Å². The van der Waals surface area contributed by atoms with E-state index in [1.54, 1.807) is 12.1 Å². The third kappa shape index (κ3) is 4.66. The molecule has 1 unspecified atom stereocenters. The molecule has 0 aliphatic carbocycles. The molecule has 0 spiro atoms. The van der Waals surface area contributed by atoms with Crippen LogP contribution in [-0.2, 0) is 6.54 Å². The molecule has 0 amide bonds. The molecule has 0 aromatic heterocycles. The molecule has 0 saturated heterocycles. The van der Waals surface area contributed by atoms with E-state index in [1.165, 1.54) is 5.56 Å². The smallest absolute Gasteiger partial charge is 0.335 e. The van der Waals surface area contributed by atoms with Crippen molar-refractivity contribution in [3.63, 3.8) is 0 Å². The summed E-state index contributed by atoms with van der Waals surface area (Å²) in [6, 6.07) is 17.1. The van der Waals surface area contributed by atoms with Gasteiger partial charge in [0.2, 0.25) is 0 Å². The van der Waals surface area contributed by atoms with Crippen LogP contribution in [0.2, 0.25) is 0 Å². The Bertz CT molecular complexity index is 650. The van der Waals surface area contributed by atoms with Crippen molar-refractivity contribution in [3.05, 3.63) is 71.3 Å². The highest BCUT2D eigenvalue weighted by atomic mass is 16.4. The number of rotatable bonds is 8. The average Bonchev–Trinajstić information content (AvgIpc) is 2.59. The van der Waals surface area contributed by atoms with Gasteiger partial charge in [0.1, 0.15) is 0 Å². The maximum atomic E-state index is 10.9. The standard InChI is InChI=1S/C20H25NO3/c1-20(2,14-22)18(16-6-4-3-5-7-16)13-21-12-15-8-10-17(11-9-15)19(23)24/h3-11,18,21-22H,12-14H2,1-2H3,(H,23,24). The largest absolute Gasteiger partial charge is 0.478 e. The monoisotopic (exact) mass is 327 g/mol. The molecular formula is C20H25NO3. The molecular weight excluding hydrogens is 302 g/mol. The maximum Gasteiger partial charge on any atom is 0.335 e. The van der Waals surface area contributed by atoms with Crippen LogP contribution in [0.3, 0.4) is 0 Å².